The molecule has 1 aliphatic rings. The van der Waals surface area contributed by atoms with Gasteiger partial charge in [0.25, 0.3) is 11.8 Å². The number of pyridine rings is 1. The molecule has 0 aliphatic carbocycles. The number of sulfonamides is 1. The maximum Gasteiger partial charge on any atom is 0.271 e. The molecule has 1 aromatic carbocycles. The number of nitrogens with one attached hydrogen (secondary N) is 2. The van der Waals surface area contributed by atoms with Crippen LogP contribution in [0.25, 0.3) is 0 Å². The molecule has 1 aliphatic heterocycles. The van der Waals surface area contributed by atoms with Crippen molar-refractivity contribution in [2.75, 3.05) is 33.2 Å². The molecule has 2 amide bonds. The number of rotatable bonds is 4. The molecule has 2 N–H and O–H groups in total. The summed E-state index contributed by atoms with van der Waals surface area (Å²) in [5.74, 6) is -1.05. The number of nitrogens with zero attached hydrogens (tertiary/aromatic N) is 3. The molecule has 0 spiro atoms. The second kappa shape index (κ2) is 8.68. The first kappa shape index (κ1) is 20.9. The third kappa shape index (κ3) is 4.97. The Balaban J connectivity index is 1.61. The predicted molar refractivity (Wildman–Crippen MR) is 107 cm³/mol. The molecule has 29 heavy (non-hydrogen) atoms. The smallest absolute Gasteiger partial charge is 0.271 e. The Labute approximate surface area is 169 Å². The summed E-state index contributed by atoms with van der Waals surface area (Å²) in [4.78, 5) is 30.5. The van der Waals surface area contributed by atoms with E-state index in [0.717, 1.165) is 5.69 Å². The van der Waals surface area contributed by atoms with Crippen molar-refractivity contribution in [1.82, 2.24) is 25.0 Å². The standard InChI is InChI=1S/C19H23N5O4S/c1-14-3-4-16(13-20-14)19(26)22-21-18(25)15-5-7-17(8-6-15)29(27,28)24-11-9-23(2)10-12-24/h3-8,13H,9-12H2,1-2H3,(H,21,25)(H,22,26). The Morgan fingerprint density at radius 2 is 1.45 bits per heavy atom. The highest BCUT2D eigenvalue weighted by Gasteiger charge is 2.27. The third-order valence-corrected chi connectivity index (χ3v) is 6.59. The van der Waals surface area contributed by atoms with Crippen LogP contribution in [-0.2, 0) is 10.0 Å². The molecule has 0 radical (unpaired) electrons. The zero-order valence-electron chi connectivity index (χ0n) is 16.3. The van der Waals surface area contributed by atoms with Gasteiger partial charge in [0.1, 0.15) is 0 Å². The first-order valence-electron chi connectivity index (χ1n) is 9.09. The molecule has 9 nitrogen and oxygen atoms in total. The van der Waals surface area contributed by atoms with E-state index in [-0.39, 0.29) is 10.5 Å². The van der Waals surface area contributed by atoms with E-state index in [1.54, 1.807) is 19.1 Å². The summed E-state index contributed by atoms with van der Waals surface area (Å²) >= 11 is 0. The van der Waals surface area contributed by atoms with Crippen LogP contribution in [-0.4, -0.2) is 67.6 Å². The Kier molecular flexibility index (Phi) is 6.26. The molecule has 3 rings (SSSR count). The molecule has 0 bridgehead atoms. The fourth-order valence-corrected chi connectivity index (χ4v) is 4.24. The lowest BCUT2D eigenvalue weighted by Crippen LogP contribution is -2.47. The summed E-state index contributed by atoms with van der Waals surface area (Å²) in [7, 11) is -1.65. The number of carbonyl (C=O) groups excluding carboxylic acids is 2. The molecule has 154 valence electrons. The highest BCUT2D eigenvalue weighted by atomic mass is 32.2. The van der Waals surface area contributed by atoms with Gasteiger partial charge in [-0.3, -0.25) is 25.4 Å². The maximum absolute atomic E-state index is 12.7. The monoisotopic (exact) mass is 417 g/mol. The highest BCUT2D eigenvalue weighted by Crippen LogP contribution is 2.18. The number of aromatic nitrogens is 1. The number of likely N-dealkylation sites (N-methyl/N-ethyl adjacent to an activating group) is 1. The zero-order chi connectivity index (χ0) is 21.0. The minimum Gasteiger partial charge on any atom is -0.304 e. The summed E-state index contributed by atoms with van der Waals surface area (Å²) in [6, 6.07) is 8.91. The van der Waals surface area contributed by atoms with Crippen molar-refractivity contribution < 1.29 is 18.0 Å². The van der Waals surface area contributed by atoms with Gasteiger partial charge in [-0.15, -0.1) is 0 Å². The molecule has 1 aromatic heterocycles. The van der Waals surface area contributed by atoms with Crippen LogP contribution in [0.2, 0.25) is 0 Å². The van der Waals surface area contributed by atoms with Gasteiger partial charge in [-0.25, -0.2) is 8.42 Å². The van der Waals surface area contributed by atoms with Gasteiger partial charge in [-0.2, -0.15) is 4.31 Å². The molecular formula is C19H23N5O4S. The minimum absolute atomic E-state index is 0.133. The number of piperazine rings is 1. The molecule has 2 heterocycles. The van der Waals surface area contributed by atoms with Crippen molar-refractivity contribution in [3.63, 3.8) is 0 Å². The second-order valence-corrected chi connectivity index (χ2v) is 8.77. The van der Waals surface area contributed by atoms with Crippen LogP contribution in [0.15, 0.2) is 47.5 Å². The van der Waals surface area contributed by atoms with Crippen molar-refractivity contribution in [2.24, 2.45) is 0 Å². The summed E-state index contributed by atoms with van der Waals surface area (Å²) < 4.78 is 26.9. The van der Waals surface area contributed by atoms with Gasteiger partial charge in [-0.1, -0.05) is 0 Å². The molecule has 0 saturated carbocycles. The molecule has 0 unspecified atom stereocenters. The van der Waals surface area contributed by atoms with E-state index in [4.69, 9.17) is 0 Å². The highest BCUT2D eigenvalue weighted by molar-refractivity contribution is 7.89. The quantitative estimate of drug-likeness (QED) is 0.697. The van der Waals surface area contributed by atoms with Crippen LogP contribution < -0.4 is 10.9 Å². The van der Waals surface area contributed by atoms with Crippen molar-refractivity contribution in [3.8, 4) is 0 Å². The van der Waals surface area contributed by atoms with Crippen LogP contribution in [0, 0.1) is 6.92 Å². The van der Waals surface area contributed by atoms with Crippen LogP contribution >= 0.6 is 0 Å². The summed E-state index contributed by atoms with van der Waals surface area (Å²) in [6.07, 6.45) is 1.41. The Hall–Kier alpha value is -2.82. The number of benzene rings is 1. The zero-order valence-corrected chi connectivity index (χ0v) is 17.1. The molecule has 1 fully saturated rings. The van der Waals surface area contributed by atoms with Crippen molar-refractivity contribution >= 4 is 21.8 Å². The Morgan fingerprint density at radius 1 is 0.897 bits per heavy atom. The normalized spacial score (nSPS) is 15.7. The number of hydrogen-bond acceptors (Lipinski definition) is 6. The molecule has 10 heteroatoms. The average Bonchev–Trinajstić information content (AvgIpc) is 2.72. The van der Waals surface area contributed by atoms with Gasteiger partial charge in [-0.05, 0) is 50.4 Å². The predicted octanol–water partition coefficient (Wildman–Crippen LogP) is 0.401. The van der Waals surface area contributed by atoms with Crippen molar-refractivity contribution in [2.45, 2.75) is 11.8 Å². The number of carbonyl (C=O) groups is 2. The SMILES string of the molecule is Cc1ccc(C(=O)NNC(=O)c2ccc(S(=O)(=O)N3CCN(C)CC3)cc2)cn1. The van der Waals surface area contributed by atoms with E-state index < -0.39 is 21.8 Å². The lowest BCUT2D eigenvalue weighted by atomic mass is 10.2. The molecule has 1 saturated heterocycles. The number of amides is 2. The van der Waals surface area contributed by atoms with Crippen molar-refractivity contribution in [3.05, 3.63) is 59.4 Å². The van der Waals surface area contributed by atoms with Crippen LogP contribution in [0.4, 0.5) is 0 Å². The molecule has 2 aromatic rings. The lowest BCUT2D eigenvalue weighted by molar-refractivity contribution is 0.0846. The first-order valence-corrected chi connectivity index (χ1v) is 10.5. The van der Waals surface area contributed by atoms with Gasteiger partial charge in [0.15, 0.2) is 0 Å². The fraction of sp³-hybridized carbons (Fsp3) is 0.316. The van der Waals surface area contributed by atoms with E-state index in [2.05, 4.69) is 20.7 Å². The summed E-state index contributed by atoms with van der Waals surface area (Å²) in [5, 5.41) is 0. The van der Waals surface area contributed by atoms with Crippen LogP contribution in [0.5, 0.6) is 0 Å². The summed E-state index contributed by atoms with van der Waals surface area (Å²) in [5.41, 5.74) is 5.93. The van der Waals surface area contributed by atoms with Crippen LogP contribution in [0.1, 0.15) is 26.4 Å². The van der Waals surface area contributed by atoms with E-state index >= 15 is 0 Å². The van der Waals surface area contributed by atoms with E-state index in [1.807, 2.05) is 7.05 Å². The minimum atomic E-state index is -3.59. The van der Waals surface area contributed by atoms with E-state index in [1.165, 1.54) is 34.8 Å². The largest absolute Gasteiger partial charge is 0.304 e. The Morgan fingerprint density at radius 3 is 2.00 bits per heavy atom. The molecule has 0 atom stereocenters. The fourth-order valence-electron chi connectivity index (χ4n) is 2.82. The maximum atomic E-state index is 12.7. The van der Waals surface area contributed by atoms with Gasteiger partial charge in [0, 0.05) is 43.6 Å². The third-order valence-electron chi connectivity index (χ3n) is 4.68. The number of aryl methyl sites for hydroxylation is 1. The average molecular weight is 417 g/mol. The number of hydrazine groups is 1. The van der Waals surface area contributed by atoms with Crippen LogP contribution in [0.3, 0.4) is 0 Å². The van der Waals surface area contributed by atoms with Crippen molar-refractivity contribution in [1.29, 1.82) is 0 Å². The van der Waals surface area contributed by atoms with E-state index in [9.17, 15) is 18.0 Å². The Bertz CT molecular complexity index is 982. The molecular weight excluding hydrogens is 394 g/mol. The van der Waals surface area contributed by atoms with Gasteiger partial charge < -0.3 is 4.90 Å². The van der Waals surface area contributed by atoms with Gasteiger partial charge in [0.2, 0.25) is 10.0 Å². The van der Waals surface area contributed by atoms with Gasteiger partial charge in [0.05, 0.1) is 10.5 Å². The second-order valence-electron chi connectivity index (χ2n) is 6.83. The summed E-state index contributed by atoms with van der Waals surface area (Å²) in [6.45, 7) is 4.02. The number of hydrogen-bond donors (Lipinski definition) is 2. The topological polar surface area (TPSA) is 112 Å². The lowest BCUT2D eigenvalue weighted by Gasteiger charge is -2.31. The first-order chi connectivity index (χ1) is 13.8. The van der Waals surface area contributed by atoms with Gasteiger partial charge >= 0.3 is 0 Å². The van der Waals surface area contributed by atoms with E-state index in [0.29, 0.717) is 31.7 Å².